The first-order chi connectivity index (χ1) is 8.93. The quantitative estimate of drug-likeness (QED) is 0.618. The maximum Gasteiger partial charge on any atom is -0.0163 e. The first-order valence-electron chi connectivity index (χ1n) is 6.24. The van der Waals surface area contributed by atoms with Gasteiger partial charge in [0, 0.05) is 0 Å². The summed E-state index contributed by atoms with van der Waals surface area (Å²) >= 11 is 0. The van der Waals surface area contributed by atoms with E-state index in [4.69, 9.17) is 0 Å². The molecule has 18 heavy (non-hydrogen) atoms. The van der Waals surface area contributed by atoms with Crippen molar-refractivity contribution < 1.29 is 0 Å². The number of rotatable bonds is 1. The molecule has 0 N–H and O–H groups in total. The summed E-state index contributed by atoms with van der Waals surface area (Å²) in [4.78, 5) is 0. The van der Waals surface area contributed by atoms with Crippen molar-refractivity contribution >= 4 is 6.08 Å². The lowest BCUT2D eigenvalue weighted by molar-refractivity contribution is 1.45. The van der Waals surface area contributed by atoms with Gasteiger partial charge in [-0.2, -0.15) is 0 Å². The summed E-state index contributed by atoms with van der Waals surface area (Å²) < 4.78 is 0. The van der Waals surface area contributed by atoms with E-state index in [0.29, 0.717) is 0 Å². The minimum atomic E-state index is 1.14. The summed E-state index contributed by atoms with van der Waals surface area (Å²) in [5.74, 6) is 0. The molecule has 0 nitrogen and oxygen atoms in total. The second kappa shape index (κ2) is 10.1. The van der Waals surface area contributed by atoms with Gasteiger partial charge in [0.15, 0.2) is 0 Å². The molecule has 0 bridgehead atoms. The molecule has 0 radical (unpaired) electrons. The second-order valence-electron chi connectivity index (χ2n) is 3.80. The Kier molecular flexibility index (Phi) is 7.84. The van der Waals surface area contributed by atoms with E-state index in [2.05, 4.69) is 55.2 Å². The predicted octanol–water partition coefficient (Wildman–Crippen LogP) is 5.33. The zero-order chi connectivity index (χ0) is 12.9. The zero-order valence-corrected chi connectivity index (χ0v) is 10.7. The Morgan fingerprint density at radius 1 is 0.722 bits per heavy atom. The first-order valence-corrected chi connectivity index (χ1v) is 6.24. The summed E-state index contributed by atoms with van der Waals surface area (Å²) in [6, 6.07) is 10.0. The third-order valence-electron chi connectivity index (χ3n) is 2.35. The normalized spacial score (nSPS) is 13.6. The highest BCUT2D eigenvalue weighted by molar-refractivity contribution is 5.45. The lowest BCUT2D eigenvalue weighted by Crippen LogP contribution is -1.63. The van der Waals surface area contributed by atoms with Gasteiger partial charge < -0.3 is 0 Å². The van der Waals surface area contributed by atoms with E-state index in [-0.39, 0.29) is 0 Å². The zero-order valence-electron chi connectivity index (χ0n) is 10.7. The number of benzene rings is 1. The van der Waals surface area contributed by atoms with Crippen molar-refractivity contribution in [3.8, 4) is 0 Å². The highest BCUT2D eigenvalue weighted by Gasteiger charge is 1.76. The Hall–Kier alpha value is -2.08. The smallest absolute Gasteiger partial charge is 0.0163 e. The Morgan fingerprint density at radius 2 is 1.17 bits per heavy atom. The molecule has 1 aromatic carbocycles. The summed E-state index contributed by atoms with van der Waals surface area (Å²) in [7, 11) is 0. The van der Waals surface area contributed by atoms with Crippen molar-refractivity contribution in [3.05, 3.63) is 91.1 Å². The van der Waals surface area contributed by atoms with Crippen LogP contribution in [0.25, 0.3) is 6.08 Å². The number of allylic oxidation sites excluding steroid dienone is 8. The summed E-state index contributed by atoms with van der Waals surface area (Å²) in [6.45, 7) is 3.63. The Morgan fingerprint density at radius 3 is 1.39 bits per heavy atom. The van der Waals surface area contributed by atoms with E-state index in [1.54, 1.807) is 0 Å². The van der Waals surface area contributed by atoms with Crippen LogP contribution in [0.5, 0.6) is 0 Å². The van der Waals surface area contributed by atoms with Gasteiger partial charge in [-0.3, -0.25) is 0 Å². The van der Waals surface area contributed by atoms with Crippen LogP contribution >= 0.6 is 0 Å². The molecular formula is C18H20. The van der Waals surface area contributed by atoms with Crippen LogP contribution in [-0.4, -0.2) is 0 Å². The molecule has 0 heteroatoms. The van der Waals surface area contributed by atoms with Gasteiger partial charge in [-0.1, -0.05) is 91.6 Å². The first kappa shape index (κ1) is 14.0. The van der Waals surface area contributed by atoms with Gasteiger partial charge >= 0.3 is 0 Å². The van der Waals surface area contributed by atoms with E-state index >= 15 is 0 Å². The molecule has 0 saturated heterocycles. The Bertz CT molecular complexity index is 388. The van der Waals surface area contributed by atoms with Gasteiger partial charge in [0.2, 0.25) is 0 Å². The second-order valence-corrected chi connectivity index (χ2v) is 3.80. The molecule has 2 aliphatic carbocycles. The largest absolute Gasteiger partial charge is 0.0985 e. The highest BCUT2D eigenvalue weighted by atomic mass is 13.8. The summed E-state index contributed by atoms with van der Waals surface area (Å²) in [5.41, 5.74) is 1.17. The maximum absolute atomic E-state index is 3.63. The van der Waals surface area contributed by atoms with Crippen LogP contribution in [0.3, 0.4) is 0 Å². The molecule has 0 aromatic heterocycles. The number of hydrogen-bond donors (Lipinski definition) is 0. The summed E-state index contributed by atoms with van der Waals surface area (Å²) in [5, 5.41) is 0. The SMILES string of the molecule is C1=CCC=C1.C1=CCC=C1.C=Cc1ccccc1. The van der Waals surface area contributed by atoms with Crippen LogP contribution in [0.1, 0.15) is 18.4 Å². The van der Waals surface area contributed by atoms with Crippen LogP contribution in [0.4, 0.5) is 0 Å². The lowest BCUT2D eigenvalue weighted by atomic mass is 10.2. The molecule has 0 amide bonds. The third-order valence-corrected chi connectivity index (χ3v) is 2.35. The van der Waals surface area contributed by atoms with Crippen molar-refractivity contribution in [3.63, 3.8) is 0 Å². The Balaban J connectivity index is 0.000000141. The topological polar surface area (TPSA) is 0 Å². The average Bonchev–Trinajstić information content (AvgIpc) is 3.17. The van der Waals surface area contributed by atoms with Crippen LogP contribution in [0.2, 0.25) is 0 Å². The molecule has 0 aliphatic heterocycles. The van der Waals surface area contributed by atoms with Crippen molar-refractivity contribution in [1.82, 2.24) is 0 Å². The van der Waals surface area contributed by atoms with E-state index in [1.807, 2.05) is 36.4 Å². The lowest BCUT2D eigenvalue weighted by Gasteiger charge is -1.85. The van der Waals surface area contributed by atoms with E-state index in [0.717, 1.165) is 12.8 Å². The highest BCUT2D eigenvalue weighted by Crippen LogP contribution is 1.97. The fraction of sp³-hybridized carbons (Fsp3) is 0.111. The van der Waals surface area contributed by atoms with Gasteiger partial charge in [-0.05, 0) is 18.4 Å². The van der Waals surface area contributed by atoms with E-state index in [9.17, 15) is 0 Å². The molecular weight excluding hydrogens is 216 g/mol. The van der Waals surface area contributed by atoms with Gasteiger partial charge in [-0.25, -0.2) is 0 Å². The monoisotopic (exact) mass is 236 g/mol. The van der Waals surface area contributed by atoms with Gasteiger partial charge in [-0.15, -0.1) is 0 Å². The molecule has 0 spiro atoms. The van der Waals surface area contributed by atoms with Gasteiger partial charge in [0.25, 0.3) is 0 Å². The predicted molar refractivity (Wildman–Crippen MR) is 82.3 cm³/mol. The standard InChI is InChI=1S/C8H8.2C5H6/c1-2-8-6-4-3-5-7-8;2*1-2-4-5-3-1/h2-7H,1H2;2*1-4H,5H2. The molecule has 0 atom stereocenters. The van der Waals surface area contributed by atoms with Crippen molar-refractivity contribution in [2.24, 2.45) is 0 Å². The van der Waals surface area contributed by atoms with Crippen LogP contribution in [0, 0.1) is 0 Å². The summed E-state index contributed by atoms with van der Waals surface area (Å²) in [6.07, 6.45) is 20.8. The van der Waals surface area contributed by atoms with Gasteiger partial charge in [0.05, 0.1) is 0 Å². The molecule has 1 aromatic rings. The average molecular weight is 236 g/mol. The minimum absolute atomic E-state index is 1.14. The van der Waals surface area contributed by atoms with E-state index in [1.165, 1.54) is 5.56 Å². The van der Waals surface area contributed by atoms with Crippen LogP contribution < -0.4 is 0 Å². The fourth-order valence-corrected chi connectivity index (χ4v) is 1.37. The fourth-order valence-electron chi connectivity index (χ4n) is 1.37. The van der Waals surface area contributed by atoms with Crippen molar-refractivity contribution in [2.75, 3.05) is 0 Å². The maximum atomic E-state index is 3.63. The van der Waals surface area contributed by atoms with Crippen LogP contribution in [0.15, 0.2) is 85.5 Å². The minimum Gasteiger partial charge on any atom is -0.0985 e. The van der Waals surface area contributed by atoms with E-state index < -0.39 is 0 Å². The molecule has 0 unspecified atom stereocenters. The Labute approximate surface area is 110 Å². The molecule has 0 fully saturated rings. The molecule has 2 aliphatic rings. The van der Waals surface area contributed by atoms with Crippen molar-refractivity contribution in [1.29, 1.82) is 0 Å². The molecule has 0 heterocycles. The molecule has 0 saturated carbocycles. The third kappa shape index (κ3) is 7.24. The van der Waals surface area contributed by atoms with Crippen molar-refractivity contribution in [2.45, 2.75) is 12.8 Å². The molecule has 92 valence electrons. The van der Waals surface area contributed by atoms with Gasteiger partial charge in [0.1, 0.15) is 0 Å². The van der Waals surface area contributed by atoms with Crippen LogP contribution in [-0.2, 0) is 0 Å². The molecule has 3 rings (SSSR count). The number of hydrogen-bond acceptors (Lipinski definition) is 0.